The van der Waals surface area contributed by atoms with Crippen LogP contribution in [0.1, 0.15) is 54.2 Å². The SMILES string of the molecule is CS.Nc1ccc(Cl)cc1C(=O)N1CCCCC1c1cc2nc(N3CCC3)cc(N3CCC(O)C3)n2n1. The molecule has 3 saturated heterocycles. The molecule has 3 aromatic rings. The normalized spacial score (nSPS) is 21.6. The minimum Gasteiger partial charge on any atom is -0.398 e. The Morgan fingerprint density at radius 1 is 1.05 bits per heavy atom. The van der Waals surface area contributed by atoms with Crippen molar-refractivity contribution in [2.75, 3.05) is 54.5 Å². The Morgan fingerprint density at radius 2 is 1.86 bits per heavy atom. The number of β-amino-alcohol motifs (C(OH)–C–C–N with tert-alkyl or cyclic N) is 1. The second kappa shape index (κ2) is 11.0. The number of carbonyl (C=O) groups is 1. The Labute approximate surface area is 227 Å². The molecule has 0 radical (unpaired) electrons. The molecule has 1 amide bonds. The molecule has 2 atom stereocenters. The number of aromatic nitrogens is 3. The van der Waals surface area contributed by atoms with Gasteiger partial charge in [0.05, 0.1) is 23.4 Å². The van der Waals surface area contributed by atoms with Crippen LogP contribution in [0.2, 0.25) is 5.02 Å². The second-order valence-corrected chi connectivity index (χ2v) is 10.2. The number of nitrogens with two attached hydrogens (primary N) is 1. The van der Waals surface area contributed by atoms with Crippen molar-refractivity contribution in [1.82, 2.24) is 19.5 Å². The number of benzene rings is 1. The molecule has 2 unspecified atom stereocenters. The van der Waals surface area contributed by atoms with Gasteiger partial charge < -0.3 is 25.5 Å². The average molecular weight is 544 g/mol. The summed E-state index contributed by atoms with van der Waals surface area (Å²) in [5.74, 6) is 1.76. The molecule has 3 aliphatic heterocycles. The molecule has 11 heteroatoms. The molecule has 3 aliphatic rings. The number of carbonyl (C=O) groups excluding carboxylic acids is 1. The lowest BCUT2D eigenvalue weighted by atomic mass is 9.98. The van der Waals surface area contributed by atoms with Gasteiger partial charge in [-0.3, -0.25) is 4.79 Å². The molecular weight excluding hydrogens is 510 g/mol. The van der Waals surface area contributed by atoms with E-state index in [9.17, 15) is 9.90 Å². The molecular formula is C26H34ClN7O2S. The fourth-order valence-corrected chi connectivity index (χ4v) is 5.53. The van der Waals surface area contributed by atoms with Crippen LogP contribution >= 0.6 is 24.2 Å². The van der Waals surface area contributed by atoms with Crippen LogP contribution in [0, 0.1) is 0 Å². The molecule has 0 aliphatic carbocycles. The Bertz CT molecular complexity index is 1280. The highest BCUT2D eigenvalue weighted by molar-refractivity contribution is 7.79. The zero-order valence-electron chi connectivity index (χ0n) is 21.1. The number of piperidine rings is 1. The maximum Gasteiger partial charge on any atom is 0.256 e. The van der Waals surface area contributed by atoms with Crippen LogP contribution in [-0.4, -0.2) is 75.6 Å². The van der Waals surface area contributed by atoms with E-state index in [2.05, 4.69) is 28.5 Å². The van der Waals surface area contributed by atoms with Gasteiger partial charge in [-0.15, -0.1) is 0 Å². The maximum absolute atomic E-state index is 13.6. The first-order valence-electron chi connectivity index (χ1n) is 12.9. The van der Waals surface area contributed by atoms with Gasteiger partial charge >= 0.3 is 0 Å². The molecule has 9 nitrogen and oxygen atoms in total. The zero-order valence-corrected chi connectivity index (χ0v) is 22.7. The van der Waals surface area contributed by atoms with Crippen LogP contribution in [0.4, 0.5) is 17.3 Å². The van der Waals surface area contributed by atoms with Crippen molar-refractivity contribution in [3.05, 3.63) is 46.6 Å². The number of aliphatic hydroxyl groups is 1. The molecule has 3 N–H and O–H groups in total. The summed E-state index contributed by atoms with van der Waals surface area (Å²) < 4.78 is 1.88. The van der Waals surface area contributed by atoms with Crippen molar-refractivity contribution >= 4 is 53.1 Å². The Hall–Kier alpha value is -2.69. The first-order valence-corrected chi connectivity index (χ1v) is 14.1. The summed E-state index contributed by atoms with van der Waals surface area (Å²) in [5.41, 5.74) is 8.59. The van der Waals surface area contributed by atoms with Gasteiger partial charge in [-0.1, -0.05) is 11.6 Å². The molecule has 1 aromatic carbocycles. The van der Waals surface area contributed by atoms with Crippen LogP contribution < -0.4 is 15.5 Å². The van der Waals surface area contributed by atoms with Crippen molar-refractivity contribution < 1.29 is 9.90 Å². The number of hydrogen-bond acceptors (Lipinski definition) is 8. The number of nitrogen functional groups attached to an aromatic ring is 1. The second-order valence-electron chi connectivity index (χ2n) is 9.78. The predicted octanol–water partition coefficient (Wildman–Crippen LogP) is 3.66. The van der Waals surface area contributed by atoms with E-state index in [0.29, 0.717) is 29.4 Å². The van der Waals surface area contributed by atoms with E-state index in [1.807, 2.05) is 15.5 Å². The number of rotatable bonds is 4. The van der Waals surface area contributed by atoms with E-state index in [0.717, 1.165) is 68.3 Å². The summed E-state index contributed by atoms with van der Waals surface area (Å²) in [5, 5.41) is 15.6. The predicted molar refractivity (Wildman–Crippen MR) is 151 cm³/mol. The lowest BCUT2D eigenvalue weighted by molar-refractivity contribution is 0.0607. The number of fused-ring (bicyclic) bond motifs is 1. The smallest absolute Gasteiger partial charge is 0.256 e. The maximum atomic E-state index is 13.6. The van der Waals surface area contributed by atoms with Gasteiger partial charge in [-0.2, -0.15) is 22.2 Å². The third-order valence-electron chi connectivity index (χ3n) is 7.43. The largest absolute Gasteiger partial charge is 0.398 e. The van der Waals surface area contributed by atoms with Gasteiger partial charge in [0.2, 0.25) is 0 Å². The van der Waals surface area contributed by atoms with Gasteiger partial charge in [-0.05, 0) is 56.6 Å². The summed E-state index contributed by atoms with van der Waals surface area (Å²) in [7, 11) is 0. The van der Waals surface area contributed by atoms with E-state index in [1.54, 1.807) is 24.5 Å². The molecule has 0 saturated carbocycles. The van der Waals surface area contributed by atoms with Crippen molar-refractivity contribution in [3.8, 4) is 0 Å². The quantitative estimate of drug-likeness (QED) is 0.341. The fourth-order valence-electron chi connectivity index (χ4n) is 5.36. The Balaban J connectivity index is 0.00000137. The van der Waals surface area contributed by atoms with Crippen molar-refractivity contribution in [2.45, 2.75) is 44.2 Å². The molecule has 6 rings (SSSR count). The molecule has 0 spiro atoms. The highest BCUT2D eigenvalue weighted by Crippen LogP contribution is 2.35. The third-order valence-corrected chi connectivity index (χ3v) is 7.67. The molecule has 2 aromatic heterocycles. The van der Waals surface area contributed by atoms with Gasteiger partial charge in [0.15, 0.2) is 5.65 Å². The van der Waals surface area contributed by atoms with Crippen LogP contribution in [0.25, 0.3) is 5.65 Å². The van der Waals surface area contributed by atoms with Gasteiger partial charge in [0, 0.05) is 55.6 Å². The number of aliphatic hydroxyl groups excluding tert-OH is 1. The first-order chi connectivity index (χ1) is 18.0. The molecule has 198 valence electrons. The summed E-state index contributed by atoms with van der Waals surface area (Å²) in [6, 6.07) is 8.94. The number of likely N-dealkylation sites (tertiary alicyclic amines) is 1. The molecule has 3 fully saturated rings. The molecule has 37 heavy (non-hydrogen) atoms. The third kappa shape index (κ3) is 5.06. The average Bonchev–Trinajstić information content (AvgIpc) is 3.51. The fraction of sp³-hybridized carbons (Fsp3) is 0.500. The number of halogens is 1. The highest BCUT2D eigenvalue weighted by atomic mass is 35.5. The summed E-state index contributed by atoms with van der Waals surface area (Å²) in [6.07, 6.45) is 6.04. The van der Waals surface area contributed by atoms with Crippen molar-refractivity contribution in [2.24, 2.45) is 0 Å². The van der Waals surface area contributed by atoms with Crippen LogP contribution in [0.3, 0.4) is 0 Å². The number of hydrogen-bond donors (Lipinski definition) is 3. The van der Waals surface area contributed by atoms with Gasteiger partial charge in [0.1, 0.15) is 11.6 Å². The first kappa shape index (κ1) is 25.9. The number of thiol groups is 1. The van der Waals surface area contributed by atoms with E-state index in [1.165, 1.54) is 6.42 Å². The van der Waals surface area contributed by atoms with E-state index < -0.39 is 0 Å². The van der Waals surface area contributed by atoms with Crippen molar-refractivity contribution in [1.29, 1.82) is 0 Å². The monoisotopic (exact) mass is 543 g/mol. The van der Waals surface area contributed by atoms with Crippen LogP contribution in [0.15, 0.2) is 30.3 Å². The van der Waals surface area contributed by atoms with Gasteiger partial charge in [-0.25, -0.2) is 4.98 Å². The lowest BCUT2D eigenvalue weighted by Gasteiger charge is -2.35. The zero-order chi connectivity index (χ0) is 26.1. The molecule has 5 heterocycles. The van der Waals surface area contributed by atoms with Crippen LogP contribution in [0.5, 0.6) is 0 Å². The number of amides is 1. The summed E-state index contributed by atoms with van der Waals surface area (Å²) in [4.78, 5) is 24.8. The number of anilines is 3. The Morgan fingerprint density at radius 3 is 2.57 bits per heavy atom. The van der Waals surface area contributed by atoms with Gasteiger partial charge in [0.25, 0.3) is 5.91 Å². The van der Waals surface area contributed by atoms with Crippen LogP contribution in [-0.2, 0) is 0 Å². The van der Waals surface area contributed by atoms with E-state index >= 15 is 0 Å². The lowest BCUT2D eigenvalue weighted by Crippen LogP contribution is -2.39. The number of nitrogens with zero attached hydrogens (tertiary/aromatic N) is 6. The minimum atomic E-state index is -0.338. The minimum absolute atomic E-state index is 0.121. The summed E-state index contributed by atoms with van der Waals surface area (Å²) in [6.45, 7) is 3.99. The molecule has 0 bridgehead atoms. The summed E-state index contributed by atoms with van der Waals surface area (Å²) >= 11 is 9.70. The van der Waals surface area contributed by atoms with E-state index in [4.69, 9.17) is 27.4 Å². The Kier molecular flexibility index (Phi) is 7.69. The van der Waals surface area contributed by atoms with E-state index in [-0.39, 0.29) is 18.1 Å². The highest BCUT2D eigenvalue weighted by Gasteiger charge is 2.33. The standard InChI is InChI=1S/C25H30ClN7O2.CH4S/c26-16-5-6-19(27)18(12-16)25(35)32-10-2-1-4-21(32)20-13-23-28-22(30-8-3-9-30)14-24(33(23)29-20)31-11-7-17(34)15-31;1-2/h5-6,12-14,17,21,34H,1-4,7-11,15,27H2;2H,1H3. The topological polar surface area (TPSA) is 103 Å². The van der Waals surface area contributed by atoms with Crippen molar-refractivity contribution in [3.63, 3.8) is 0 Å².